The summed E-state index contributed by atoms with van der Waals surface area (Å²) in [5.41, 5.74) is 6.75. The van der Waals surface area contributed by atoms with E-state index in [0.717, 1.165) is 5.56 Å². The lowest BCUT2D eigenvalue weighted by molar-refractivity contribution is -0.135. The predicted molar refractivity (Wildman–Crippen MR) is 60.2 cm³/mol. The Bertz CT molecular complexity index is 388. The first-order valence-corrected chi connectivity index (χ1v) is 4.81. The maximum absolute atomic E-state index is 10.8. The fraction of sp³-hybridized carbons (Fsp3) is 0.273. The normalized spacial score (nSPS) is 9.81. The second-order valence-corrected chi connectivity index (χ2v) is 3.56. The van der Waals surface area contributed by atoms with Crippen LogP contribution in [0.3, 0.4) is 0 Å². The van der Waals surface area contributed by atoms with Crippen LogP contribution < -0.4 is 10.6 Å². The number of carboxylic acids is 1. The van der Waals surface area contributed by atoms with Crippen LogP contribution in [0.5, 0.6) is 0 Å². The third-order valence-electron chi connectivity index (χ3n) is 2.04. The molecule has 0 aliphatic heterocycles. The van der Waals surface area contributed by atoms with E-state index in [1.807, 2.05) is 19.1 Å². The molecule has 0 heterocycles. The summed E-state index contributed by atoms with van der Waals surface area (Å²) in [7, 11) is 0. The van der Waals surface area contributed by atoms with Crippen molar-refractivity contribution >= 4 is 17.6 Å². The third-order valence-corrected chi connectivity index (χ3v) is 2.04. The van der Waals surface area contributed by atoms with Gasteiger partial charge in [-0.3, -0.25) is 9.59 Å². The van der Waals surface area contributed by atoms with E-state index in [4.69, 9.17) is 10.8 Å². The van der Waals surface area contributed by atoms with Gasteiger partial charge in [-0.15, -0.1) is 0 Å². The van der Waals surface area contributed by atoms with Gasteiger partial charge in [0.05, 0.1) is 6.54 Å². The lowest BCUT2D eigenvalue weighted by Gasteiger charge is -2.21. The number of carboxylic acid groups (broad SMARTS) is 1. The van der Waals surface area contributed by atoms with E-state index in [0.29, 0.717) is 5.69 Å². The minimum atomic E-state index is -0.997. The number of carbonyl (C=O) groups excluding carboxylic acids is 1. The van der Waals surface area contributed by atoms with Gasteiger partial charge < -0.3 is 15.7 Å². The fourth-order valence-corrected chi connectivity index (χ4v) is 1.41. The Morgan fingerprint density at radius 1 is 1.38 bits per heavy atom. The molecule has 16 heavy (non-hydrogen) atoms. The van der Waals surface area contributed by atoms with E-state index in [9.17, 15) is 9.59 Å². The van der Waals surface area contributed by atoms with Crippen molar-refractivity contribution in [3.8, 4) is 0 Å². The Morgan fingerprint density at radius 3 is 2.56 bits per heavy atom. The van der Waals surface area contributed by atoms with Crippen LogP contribution in [0.2, 0.25) is 0 Å². The summed E-state index contributed by atoms with van der Waals surface area (Å²) in [4.78, 5) is 22.9. The highest BCUT2D eigenvalue weighted by molar-refractivity contribution is 5.82. The average molecular weight is 222 g/mol. The van der Waals surface area contributed by atoms with Crippen molar-refractivity contribution < 1.29 is 14.7 Å². The first kappa shape index (κ1) is 12.0. The molecule has 3 N–H and O–H groups in total. The second kappa shape index (κ2) is 5.16. The first-order chi connectivity index (χ1) is 7.49. The fourth-order valence-electron chi connectivity index (χ4n) is 1.41. The van der Waals surface area contributed by atoms with Crippen LogP contribution in [0, 0.1) is 6.92 Å². The number of primary amides is 1. The number of amides is 1. The van der Waals surface area contributed by atoms with Crippen molar-refractivity contribution in [2.45, 2.75) is 6.92 Å². The quantitative estimate of drug-likeness (QED) is 0.754. The maximum Gasteiger partial charge on any atom is 0.323 e. The van der Waals surface area contributed by atoms with E-state index in [1.54, 1.807) is 12.1 Å². The van der Waals surface area contributed by atoms with Gasteiger partial charge in [-0.25, -0.2) is 0 Å². The van der Waals surface area contributed by atoms with Gasteiger partial charge in [0, 0.05) is 5.69 Å². The molecule has 0 spiro atoms. The Labute approximate surface area is 93.5 Å². The molecule has 0 saturated carbocycles. The van der Waals surface area contributed by atoms with Gasteiger partial charge in [0.1, 0.15) is 6.54 Å². The molecule has 1 amide bonds. The highest BCUT2D eigenvalue weighted by Crippen LogP contribution is 2.15. The number of rotatable bonds is 5. The summed E-state index contributed by atoms with van der Waals surface area (Å²) < 4.78 is 0. The topological polar surface area (TPSA) is 83.6 Å². The van der Waals surface area contributed by atoms with Crippen molar-refractivity contribution in [2.24, 2.45) is 5.73 Å². The van der Waals surface area contributed by atoms with Crippen LogP contribution in [0.25, 0.3) is 0 Å². The molecule has 0 unspecified atom stereocenters. The van der Waals surface area contributed by atoms with Gasteiger partial charge in [0.25, 0.3) is 0 Å². The number of hydrogen-bond donors (Lipinski definition) is 2. The molecule has 0 bridgehead atoms. The van der Waals surface area contributed by atoms with Crippen LogP contribution in [0.1, 0.15) is 5.56 Å². The average Bonchev–Trinajstić information content (AvgIpc) is 2.15. The SMILES string of the molecule is Cc1cccc(N(CC(N)=O)CC(=O)O)c1. The summed E-state index contributed by atoms with van der Waals surface area (Å²) in [6.45, 7) is 1.55. The number of anilines is 1. The van der Waals surface area contributed by atoms with E-state index in [1.165, 1.54) is 4.90 Å². The summed E-state index contributed by atoms with van der Waals surface area (Å²) in [6, 6.07) is 7.26. The van der Waals surface area contributed by atoms with E-state index < -0.39 is 11.9 Å². The Balaban J connectivity index is 2.90. The van der Waals surface area contributed by atoms with Crippen molar-refractivity contribution in [1.82, 2.24) is 0 Å². The van der Waals surface area contributed by atoms with Crippen LogP contribution in [-0.4, -0.2) is 30.1 Å². The summed E-state index contributed by atoms with van der Waals surface area (Å²) >= 11 is 0. The van der Waals surface area contributed by atoms with E-state index >= 15 is 0 Å². The lowest BCUT2D eigenvalue weighted by atomic mass is 10.2. The number of nitrogens with zero attached hydrogens (tertiary/aromatic N) is 1. The number of aliphatic carboxylic acids is 1. The van der Waals surface area contributed by atoms with Gasteiger partial charge >= 0.3 is 5.97 Å². The van der Waals surface area contributed by atoms with E-state index in [2.05, 4.69) is 0 Å². The molecule has 0 atom stereocenters. The summed E-state index contributed by atoms with van der Waals surface area (Å²) in [5.74, 6) is -1.55. The van der Waals surface area contributed by atoms with Gasteiger partial charge in [0.15, 0.2) is 0 Å². The molecule has 5 heteroatoms. The van der Waals surface area contributed by atoms with Crippen LogP contribution in [0.15, 0.2) is 24.3 Å². The standard InChI is InChI=1S/C11H14N2O3/c1-8-3-2-4-9(5-8)13(6-10(12)14)7-11(15)16/h2-5H,6-7H2,1H3,(H2,12,14)(H,15,16). The Morgan fingerprint density at radius 2 is 2.06 bits per heavy atom. The number of carbonyl (C=O) groups is 2. The monoisotopic (exact) mass is 222 g/mol. The molecule has 86 valence electrons. The maximum atomic E-state index is 10.8. The highest BCUT2D eigenvalue weighted by Gasteiger charge is 2.12. The second-order valence-electron chi connectivity index (χ2n) is 3.56. The zero-order valence-electron chi connectivity index (χ0n) is 9.01. The lowest BCUT2D eigenvalue weighted by Crippen LogP contribution is -2.37. The molecule has 0 saturated heterocycles. The molecule has 0 aromatic heterocycles. The Kier molecular flexibility index (Phi) is 3.88. The zero-order valence-corrected chi connectivity index (χ0v) is 9.01. The van der Waals surface area contributed by atoms with Gasteiger partial charge in [-0.1, -0.05) is 12.1 Å². The van der Waals surface area contributed by atoms with Crippen molar-refractivity contribution in [3.05, 3.63) is 29.8 Å². The highest BCUT2D eigenvalue weighted by atomic mass is 16.4. The number of hydrogen-bond acceptors (Lipinski definition) is 3. The molecule has 1 aromatic rings. The third kappa shape index (κ3) is 3.61. The molecule has 0 aliphatic carbocycles. The Hall–Kier alpha value is -2.04. The number of benzene rings is 1. The van der Waals surface area contributed by atoms with Gasteiger partial charge in [0.2, 0.25) is 5.91 Å². The number of aryl methyl sites for hydroxylation is 1. The largest absolute Gasteiger partial charge is 0.480 e. The zero-order chi connectivity index (χ0) is 12.1. The molecule has 1 rings (SSSR count). The van der Waals surface area contributed by atoms with Gasteiger partial charge in [-0.2, -0.15) is 0 Å². The molecular formula is C11H14N2O3. The van der Waals surface area contributed by atoms with E-state index in [-0.39, 0.29) is 13.1 Å². The molecule has 1 aromatic carbocycles. The molecule has 5 nitrogen and oxygen atoms in total. The molecule has 0 fully saturated rings. The van der Waals surface area contributed by atoms with Crippen molar-refractivity contribution in [1.29, 1.82) is 0 Å². The summed E-state index contributed by atoms with van der Waals surface area (Å²) in [6.07, 6.45) is 0. The van der Waals surface area contributed by atoms with Crippen LogP contribution in [0.4, 0.5) is 5.69 Å². The van der Waals surface area contributed by atoms with Crippen LogP contribution >= 0.6 is 0 Å². The van der Waals surface area contributed by atoms with Crippen molar-refractivity contribution in [3.63, 3.8) is 0 Å². The van der Waals surface area contributed by atoms with Crippen molar-refractivity contribution in [2.75, 3.05) is 18.0 Å². The molecule has 0 radical (unpaired) electrons. The first-order valence-electron chi connectivity index (χ1n) is 4.81. The number of nitrogens with two attached hydrogens (primary N) is 1. The molecule has 0 aliphatic rings. The van der Waals surface area contributed by atoms with Gasteiger partial charge in [-0.05, 0) is 24.6 Å². The minimum absolute atomic E-state index is 0.101. The predicted octanol–water partition coefficient (Wildman–Crippen LogP) is 0.371. The molecular weight excluding hydrogens is 208 g/mol. The minimum Gasteiger partial charge on any atom is -0.480 e. The summed E-state index contributed by atoms with van der Waals surface area (Å²) in [5, 5.41) is 8.73. The van der Waals surface area contributed by atoms with Crippen LogP contribution in [-0.2, 0) is 9.59 Å². The smallest absolute Gasteiger partial charge is 0.323 e.